The van der Waals surface area contributed by atoms with E-state index in [2.05, 4.69) is 31.6 Å². The summed E-state index contributed by atoms with van der Waals surface area (Å²) in [5.74, 6) is -2.09. The highest BCUT2D eigenvalue weighted by Gasteiger charge is 2.41. The van der Waals surface area contributed by atoms with E-state index in [-0.39, 0.29) is 42.3 Å². The Morgan fingerprint density at radius 2 is 1.08 bits per heavy atom. The highest BCUT2D eigenvalue weighted by molar-refractivity contribution is 7.55. The summed E-state index contributed by atoms with van der Waals surface area (Å²) in [5.41, 5.74) is 0.803. The molecule has 5 N–H and O–H groups in total. The lowest BCUT2D eigenvalue weighted by Crippen LogP contribution is -2.40. The molecule has 0 saturated heterocycles. The number of ether oxygens (including phenoxy) is 3. The molecule has 0 fully saturated rings. The molecule has 4 aromatic rings. The van der Waals surface area contributed by atoms with E-state index >= 15 is 4.57 Å². The normalized spacial score (nSPS) is 12.2. The third-order valence-electron chi connectivity index (χ3n) is 7.56. The fourth-order valence-corrected chi connectivity index (χ4v) is 6.96. The molecule has 0 aliphatic heterocycles. The molecule has 0 bridgehead atoms. The van der Waals surface area contributed by atoms with Crippen molar-refractivity contribution >= 4 is 60.7 Å². The van der Waals surface area contributed by atoms with Crippen LogP contribution >= 0.6 is 7.60 Å². The molecule has 4 rings (SSSR count). The fraction of sp³-hybridized carbons (Fsp3) is 0.302. The molecule has 18 heteroatoms. The minimum absolute atomic E-state index is 0.0885. The van der Waals surface area contributed by atoms with Gasteiger partial charge in [-0.25, -0.2) is 18.9 Å². The van der Waals surface area contributed by atoms with E-state index in [1.165, 1.54) is 38.1 Å². The number of aliphatic imine (C=N–C) groups is 1. The van der Waals surface area contributed by atoms with Crippen molar-refractivity contribution in [2.45, 2.75) is 85.4 Å². The zero-order valence-electron chi connectivity index (χ0n) is 35.2. The average Bonchev–Trinajstić information content (AvgIpc) is 3.14. The largest absolute Gasteiger partial charge is 0.453 e. The first-order chi connectivity index (χ1) is 28.6. The van der Waals surface area contributed by atoms with Crippen molar-refractivity contribution in [3.05, 3.63) is 114 Å². The zero-order valence-corrected chi connectivity index (χ0v) is 36.1. The van der Waals surface area contributed by atoms with Gasteiger partial charge < -0.3 is 44.5 Å². The quantitative estimate of drug-likeness (QED) is 0.0368. The minimum Gasteiger partial charge on any atom is -0.445 e. The number of carbonyl (C=O) groups excluding carboxylic acids is 5. The van der Waals surface area contributed by atoms with E-state index in [4.69, 9.17) is 23.3 Å². The number of hydrogen-bond donors (Lipinski definition) is 5. The van der Waals surface area contributed by atoms with Gasteiger partial charge in [0.2, 0.25) is 17.8 Å². The number of carbonyl (C=O) groups is 5. The van der Waals surface area contributed by atoms with Gasteiger partial charge in [0.1, 0.15) is 29.3 Å². The van der Waals surface area contributed by atoms with Crippen LogP contribution in [-0.2, 0) is 41.4 Å². The Morgan fingerprint density at radius 3 is 1.56 bits per heavy atom. The first kappa shape index (κ1) is 46.8. The third-order valence-corrected chi connectivity index (χ3v) is 9.56. The van der Waals surface area contributed by atoms with Gasteiger partial charge in [0.25, 0.3) is 0 Å². The fourth-order valence-electron chi connectivity index (χ4n) is 5.13. The topological polar surface area (TPSA) is 221 Å². The highest BCUT2D eigenvalue weighted by atomic mass is 31.2. The molecular weight excluding hydrogens is 807 g/mol. The second-order valence-electron chi connectivity index (χ2n) is 15.4. The molecule has 17 nitrogen and oxygen atoms in total. The molecule has 0 aromatic heterocycles. The first-order valence-corrected chi connectivity index (χ1v) is 20.6. The van der Waals surface area contributed by atoms with Crippen molar-refractivity contribution in [3.8, 4) is 11.5 Å². The molecule has 324 valence electrons. The summed E-state index contributed by atoms with van der Waals surface area (Å²) in [4.78, 5) is 65.9. The van der Waals surface area contributed by atoms with Gasteiger partial charge in [-0.3, -0.25) is 14.9 Å². The maximum atomic E-state index is 15.2. The average molecular weight is 859 g/mol. The monoisotopic (exact) mass is 858 g/mol. The van der Waals surface area contributed by atoms with Crippen LogP contribution in [0, 0.1) is 0 Å². The van der Waals surface area contributed by atoms with Gasteiger partial charge in [-0.15, -0.1) is 4.99 Å². The Morgan fingerprint density at radius 1 is 0.607 bits per heavy atom. The number of guanidine groups is 1. The second-order valence-corrected chi connectivity index (χ2v) is 17.5. The lowest BCUT2D eigenvalue weighted by molar-refractivity contribution is -0.115. The maximum absolute atomic E-state index is 15.2. The predicted octanol–water partition coefficient (Wildman–Crippen LogP) is 8.98. The predicted molar refractivity (Wildman–Crippen MR) is 231 cm³/mol. The molecule has 5 amide bonds. The van der Waals surface area contributed by atoms with Crippen LogP contribution in [0.3, 0.4) is 0 Å². The van der Waals surface area contributed by atoms with Gasteiger partial charge >= 0.3 is 25.9 Å². The molecule has 0 saturated carbocycles. The van der Waals surface area contributed by atoms with Gasteiger partial charge in [0.15, 0.2) is 5.78 Å². The van der Waals surface area contributed by atoms with Crippen molar-refractivity contribution in [2.75, 3.05) is 16.0 Å². The van der Waals surface area contributed by atoms with Crippen LogP contribution in [0.4, 0.5) is 31.4 Å². The Bertz CT molecular complexity index is 2160. The van der Waals surface area contributed by atoms with Crippen LogP contribution in [0.15, 0.2) is 108 Å². The van der Waals surface area contributed by atoms with Crippen molar-refractivity contribution < 1.29 is 51.8 Å². The summed E-state index contributed by atoms with van der Waals surface area (Å²) in [6.45, 7) is 12.7. The molecule has 0 aliphatic rings. The zero-order chi connectivity index (χ0) is 44.8. The highest BCUT2D eigenvalue weighted by Crippen LogP contribution is 2.53. The Labute approximate surface area is 354 Å². The van der Waals surface area contributed by atoms with Crippen LogP contribution in [0.1, 0.15) is 66.5 Å². The van der Waals surface area contributed by atoms with E-state index in [1.54, 1.807) is 114 Å². The number of amides is 5. The maximum Gasteiger partial charge on any atom is 0.453 e. The number of alkyl carbamates (subject to hydrolysis) is 2. The molecule has 0 spiro atoms. The van der Waals surface area contributed by atoms with Gasteiger partial charge in [-0.1, -0.05) is 42.5 Å². The minimum atomic E-state index is -4.51. The smallest absolute Gasteiger partial charge is 0.445 e. The van der Waals surface area contributed by atoms with Crippen molar-refractivity contribution in [3.63, 3.8) is 0 Å². The molecule has 1 unspecified atom stereocenters. The summed E-state index contributed by atoms with van der Waals surface area (Å²) in [7, 11) is -4.51. The standard InChI is InChI=1S/C43H51N6O11P/c1-28(50)44-32-18-22-35(23-19-32)59-61(55,60-36-24-20-33(21-25-36)45-29(2)51)37(47-39(52)56-27-31-12-10-9-11-13-31)26-30-14-16-34(17-15-30)46-38(48-40(53)57-42(3,4)5)49-41(54)58-43(6,7)8/h9-25,37H,26-27H2,1-8H3,(H,44,50)(H,45,51)(H,47,52)(H2,46,48,49,53,54). The van der Waals surface area contributed by atoms with Crippen molar-refractivity contribution in [1.82, 2.24) is 10.6 Å². The van der Waals surface area contributed by atoms with E-state index in [9.17, 15) is 24.0 Å². The summed E-state index contributed by atoms with van der Waals surface area (Å²) >= 11 is 0. The lowest BCUT2D eigenvalue weighted by Gasteiger charge is -2.28. The molecular formula is C43H51N6O11P. The molecule has 61 heavy (non-hydrogen) atoms. The number of rotatable bonds is 13. The molecule has 0 radical (unpaired) electrons. The summed E-state index contributed by atoms with van der Waals surface area (Å²) in [5, 5.41) is 13.3. The van der Waals surface area contributed by atoms with Crippen molar-refractivity contribution in [2.24, 2.45) is 4.99 Å². The molecule has 0 aliphatic carbocycles. The van der Waals surface area contributed by atoms with Crippen LogP contribution in [0.2, 0.25) is 0 Å². The van der Waals surface area contributed by atoms with E-state index < -0.39 is 42.9 Å². The van der Waals surface area contributed by atoms with Crippen LogP contribution in [0.5, 0.6) is 11.5 Å². The van der Waals surface area contributed by atoms with Gasteiger partial charge in [0.05, 0.1) is 0 Å². The van der Waals surface area contributed by atoms with Crippen LogP contribution in [0.25, 0.3) is 0 Å². The van der Waals surface area contributed by atoms with Crippen LogP contribution < -0.4 is 35.6 Å². The van der Waals surface area contributed by atoms with Crippen molar-refractivity contribution in [1.29, 1.82) is 0 Å². The van der Waals surface area contributed by atoms with Gasteiger partial charge in [-0.05, 0) is 113 Å². The lowest BCUT2D eigenvalue weighted by atomic mass is 10.1. The molecule has 4 aromatic carbocycles. The number of hydrogen-bond acceptors (Lipinski definition) is 11. The number of benzene rings is 4. The summed E-state index contributed by atoms with van der Waals surface area (Å²) in [6.07, 6.45) is -2.91. The van der Waals surface area contributed by atoms with Crippen LogP contribution in [-0.4, -0.2) is 53.0 Å². The Kier molecular flexibility index (Phi) is 16.0. The third kappa shape index (κ3) is 17.1. The Balaban J connectivity index is 1.69. The van der Waals surface area contributed by atoms with Gasteiger partial charge in [0, 0.05) is 37.3 Å². The van der Waals surface area contributed by atoms with E-state index in [1.807, 2.05) is 6.07 Å². The Hall–Kier alpha value is -6.87. The SMILES string of the molecule is CC(=O)Nc1ccc(OP(=O)(Oc2ccc(NC(C)=O)cc2)C(Cc2ccc(NC(=NC(=O)OC(C)(C)C)NC(=O)OC(C)(C)C)cc2)NC(=O)OCc2ccccc2)cc1. The molecule has 1 atom stereocenters. The van der Waals surface area contributed by atoms with E-state index in [0.29, 0.717) is 28.2 Å². The van der Waals surface area contributed by atoms with Gasteiger partial charge in [-0.2, -0.15) is 0 Å². The number of nitrogens with zero attached hydrogens (tertiary/aromatic N) is 1. The number of anilines is 3. The van der Waals surface area contributed by atoms with E-state index in [0.717, 1.165) is 0 Å². The summed E-state index contributed by atoms with van der Waals surface area (Å²) < 4.78 is 43.6. The number of nitrogens with one attached hydrogen (secondary N) is 5. The first-order valence-electron chi connectivity index (χ1n) is 19.0. The second kappa shape index (κ2) is 20.9. The summed E-state index contributed by atoms with van der Waals surface area (Å²) in [6, 6.07) is 27.5. The molecule has 0 heterocycles.